The molecule has 0 unspecified atom stereocenters. The molecule has 0 bridgehead atoms. The molecule has 0 spiro atoms. The second-order valence-electron chi connectivity index (χ2n) is 6.46. The second kappa shape index (κ2) is 7.79. The Morgan fingerprint density at radius 2 is 1.55 bits per heavy atom. The van der Waals surface area contributed by atoms with Gasteiger partial charge in [0.25, 0.3) is 0 Å². The summed E-state index contributed by atoms with van der Waals surface area (Å²) in [5.41, 5.74) is 1.31. The summed E-state index contributed by atoms with van der Waals surface area (Å²) in [7, 11) is 0. The van der Waals surface area contributed by atoms with Gasteiger partial charge in [-0.05, 0) is 35.9 Å². The van der Waals surface area contributed by atoms with Gasteiger partial charge in [-0.25, -0.2) is 4.98 Å². The fourth-order valence-electron chi connectivity index (χ4n) is 2.95. The second-order valence-corrected chi connectivity index (χ2v) is 6.46. The molecular formula is C22H17F3N4. The molecule has 0 aliphatic heterocycles. The topological polar surface area (TPSA) is 49.8 Å². The van der Waals surface area contributed by atoms with E-state index in [0.29, 0.717) is 17.9 Å². The molecular weight excluding hydrogens is 377 g/mol. The Labute approximate surface area is 165 Å². The number of halogens is 3. The van der Waals surface area contributed by atoms with Crippen LogP contribution in [0.3, 0.4) is 0 Å². The minimum absolute atomic E-state index is 0.221. The van der Waals surface area contributed by atoms with Crippen LogP contribution in [0.15, 0.2) is 78.9 Å². The zero-order valence-corrected chi connectivity index (χ0v) is 15.2. The number of rotatable bonds is 5. The van der Waals surface area contributed by atoms with Crippen molar-refractivity contribution < 1.29 is 13.2 Å². The Hall–Kier alpha value is -3.61. The molecule has 0 saturated carbocycles. The number of fused-ring (bicyclic) bond motifs is 1. The highest BCUT2D eigenvalue weighted by Gasteiger charge is 2.30. The summed E-state index contributed by atoms with van der Waals surface area (Å²) in [6.07, 6.45) is -4.41. The predicted molar refractivity (Wildman–Crippen MR) is 108 cm³/mol. The number of benzene rings is 3. The van der Waals surface area contributed by atoms with Gasteiger partial charge < -0.3 is 10.6 Å². The van der Waals surface area contributed by atoms with Gasteiger partial charge in [-0.1, -0.05) is 48.5 Å². The summed E-state index contributed by atoms with van der Waals surface area (Å²) >= 11 is 0. The van der Waals surface area contributed by atoms with Crippen LogP contribution in [0.5, 0.6) is 0 Å². The molecule has 0 aliphatic carbocycles. The summed E-state index contributed by atoms with van der Waals surface area (Å²) in [5, 5.41) is 7.01. The van der Waals surface area contributed by atoms with E-state index in [4.69, 9.17) is 0 Å². The van der Waals surface area contributed by atoms with Crippen LogP contribution in [0.4, 0.5) is 30.6 Å². The van der Waals surface area contributed by atoms with E-state index in [1.165, 1.54) is 6.07 Å². The molecule has 4 rings (SSSR count). The lowest BCUT2D eigenvalue weighted by Crippen LogP contribution is -2.07. The van der Waals surface area contributed by atoms with Crippen LogP contribution in [-0.4, -0.2) is 9.97 Å². The minimum atomic E-state index is -4.41. The normalized spacial score (nSPS) is 11.4. The molecule has 4 nitrogen and oxygen atoms in total. The monoisotopic (exact) mass is 394 g/mol. The van der Waals surface area contributed by atoms with Crippen LogP contribution in [0.2, 0.25) is 0 Å². The number of para-hydroxylation sites is 1. The van der Waals surface area contributed by atoms with Crippen molar-refractivity contribution in [1.29, 1.82) is 0 Å². The fourth-order valence-corrected chi connectivity index (χ4v) is 2.95. The van der Waals surface area contributed by atoms with Gasteiger partial charge in [-0.2, -0.15) is 18.2 Å². The Bertz CT molecular complexity index is 1130. The number of hydrogen-bond acceptors (Lipinski definition) is 4. The largest absolute Gasteiger partial charge is 0.416 e. The molecule has 0 fully saturated rings. The molecule has 1 aromatic heterocycles. The van der Waals surface area contributed by atoms with Gasteiger partial charge in [-0.15, -0.1) is 0 Å². The van der Waals surface area contributed by atoms with Crippen LogP contribution in [-0.2, 0) is 12.7 Å². The number of nitrogens with one attached hydrogen (secondary N) is 2. The SMILES string of the molecule is FC(F)(F)c1cccc(Nc2nc(NCc3ccccc3)c3ccccc3n2)c1. The Balaban J connectivity index is 1.65. The highest BCUT2D eigenvalue weighted by molar-refractivity contribution is 5.90. The number of anilines is 3. The van der Waals surface area contributed by atoms with Crippen LogP contribution < -0.4 is 10.6 Å². The first-order valence-corrected chi connectivity index (χ1v) is 8.98. The van der Waals surface area contributed by atoms with Crippen molar-refractivity contribution in [2.24, 2.45) is 0 Å². The highest BCUT2D eigenvalue weighted by Crippen LogP contribution is 2.31. The first kappa shape index (κ1) is 18.7. The van der Waals surface area contributed by atoms with Gasteiger partial charge in [0.05, 0.1) is 11.1 Å². The number of alkyl halides is 3. The summed E-state index contributed by atoms with van der Waals surface area (Å²) < 4.78 is 38.9. The Morgan fingerprint density at radius 3 is 2.34 bits per heavy atom. The zero-order chi connectivity index (χ0) is 20.3. The van der Waals surface area contributed by atoms with Crippen molar-refractivity contribution in [3.8, 4) is 0 Å². The maximum atomic E-state index is 13.0. The van der Waals surface area contributed by atoms with Crippen LogP contribution in [0.25, 0.3) is 10.9 Å². The third-order valence-corrected chi connectivity index (χ3v) is 4.35. The summed E-state index contributed by atoms with van der Waals surface area (Å²) in [5.74, 6) is 0.826. The van der Waals surface area contributed by atoms with Gasteiger partial charge in [0.1, 0.15) is 5.82 Å². The summed E-state index contributed by atoms with van der Waals surface area (Å²) in [4.78, 5) is 8.92. The summed E-state index contributed by atoms with van der Waals surface area (Å²) in [6, 6.07) is 22.3. The molecule has 0 aliphatic rings. The third kappa shape index (κ3) is 4.45. The quantitative estimate of drug-likeness (QED) is 0.436. The van der Waals surface area contributed by atoms with Crippen molar-refractivity contribution in [3.05, 3.63) is 90.0 Å². The Morgan fingerprint density at radius 1 is 0.793 bits per heavy atom. The average Bonchev–Trinajstić information content (AvgIpc) is 2.72. The predicted octanol–water partition coefficient (Wildman–Crippen LogP) is 6.00. The zero-order valence-electron chi connectivity index (χ0n) is 15.2. The number of nitrogens with zero attached hydrogens (tertiary/aromatic N) is 2. The smallest absolute Gasteiger partial charge is 0.365 e. The molecule has 2 N–H and O–H groups in total. The number of hydrogen-bond donors (Lipinski definition) is 2. The lowest BCUT2D eigenvalue weighted by molar-refractivity contribution is -0.137. The van der Waals surface area contributed by atoms with E-state index in [-0.39, 0.29) is 11.6 Å². The van der Waals surface area contributed by atoms with Gasteiger partial charge in [0.15, 0.2) is 0 Å². The molecule has 3 aromatic carbocycles. The third-order valence-electron chi connectivity index (χ3n) is 4.35. The molecule has 0 amide bonds. The van der Waals surface area contributed by atoms with E-state index >= 15 is 0 Å². The first-order chi connectivity index (χ1) is 14.0. The van der Waals surface area contributed by atoms with Crippen molar-refractivity contribution in [1.82, 2.24) is 9.97 Å². The van der Waals surface area contributed by atoms with Crippen molar-refractivity contribution in [3.63, 3.8) is 0 Å². The van der Waals surface area contributed by atoms with E-state index in [0.717, 1.165) is 23.1 Å². The van der Waals surface area contributed by atoms with Crippen LogP contribution >= 0.6 is 0 Å². The molecule has 0 radical (unpaired) electrons. The maximum Gasteiger partial charge on any atom is 0.416 e. The van der Waals surface area contributed by atoms with Gasteiger partial charge in [0, 0.05) is 17.6 Å². The lowest BCUT2D eigenvalue weighted by Gasteiger charge is -2.13. The van der Waals surface area contributed by atoms with Crippen molar-refractivity contribution in [2.75, 3.05) is 10.6 Å². The molecule has 7 heteroatoms. The van der Waals surface area contributed by atoms with Crippen molar-refractivity contribution >= 4 is 28.4 Å². The van der Waals surface area contributed by atoms with Crippen LogP contribution in [0.1, 0.15) is 11.1 Å². The average molecular weight is 394 g/mol. The van der Waals surface area contributed by atoms with E-state index in [1.54, 1.807) is 6.07 Å². The summed E-state index contributed by atoms with van der Waals surface area (Å²) in [6.45, 7) is 0.560. The number of aromatic nitrogens is 2. The molecule has 1 heterocycles. The van der Waals surface area contributed by atoms with Gasteiger partial charge in [0.2, 0.25) is 5.95 Å². The van der Waals surface area contributed by atoms with Gasteiger partial charge in [-0.3, -0.25) is 0 Å². The lowest BCUT2D eigenvalue weighted by atomic mass is 10.2. The van der Waals surface area contributed by atoms with E-state index in [1.807, 2.05) is 54.6 Å². The molecule has 0 saturated heterocycles. The Kier molecular flexibility index (Phi) is 5.03. The van der Waals surface area contributed by atoms with Crippen LogP contribution in [0, 0.1) is 0 Å². The minimum Gasteiger partial charge on any atom is -0.365 e. The molecule has 4 aromatic rings. The first-order valence-electron chi connectivity index (χ1n) is 8.98. The molecule has 146 valence electrons. The van der Waals surface area contributed by atoms with E-state index in [2.05, 4.69) is 20.6 Å². The molecule has 29 heavy (non-hydrogen) atoms. The molecule has 0 atom stereocenters. The van der Waals surface area contributed by atoms with Crippen molar-refractivity contribution in [2.45, 2.75) is 12.7 Å². The van der Waals surface area contributed by atoms with E-state index in [9.17, 15) is 13.2 Å². The highest BCUT2D eigenvalue weighted by atomic mass is 19.4. The maximum absolute atomic E-state index is 13.0. The fraction of sp³-hybridized carbons (Fsp3) is 0.0909. The van der Waals surface area contributed by atoms with Gasteiger partial charge >= 0.3 is 6.18 Å². The standard InChI is InChI=1S/C22H17F3N4/c23-22(24,25)16-9-6-10-17(13-16)27-21-28-19-12-5-4-11-18(19)20(29-21)26-14-15-7-2-1-3-8-15/h1-13H,14H2,(H2,26,27,28,29). The van der Waals surface area contributed by atoms with E-state index < -0.39 is 11.7 Å².